The molecular formula is C26H42ClNO5. The number of aliphatic hydroxyl groups is 1. The number of epoxide rings is 1. The second-order valence-corrected chi connectivity index (χ2v) is 9.71. The lowest BCUT2D eigenvalue weighted by molar-refractivity contribution is -0.132. The largest absolute Gasteiger partial charge is 0.392 e. The van der Waals surface area contributed by atoms with Crippen LogP contribution < -0.4 is 0 Å². The summed E-state index contributed by atoms with van der Waals surface area (Å²) in [5.41, 5.74) is 0.880. The zero-order chi connectivity index (χ0) is 24.4. The molecule has 1 amide bonds. The van der Waals surface area contributed by atoms with Gasteiger partial charge in [-0.25, -0.2) is 0 Å². The van der Waals surface area contributed by atoms with Crippen LogP contribution in [-0.2, 0) is 19.1 Å². The molecule has 1 saturated heterocycles. The van der Waals surface area contributed by atoms with Crippen LogP contribution in [-0.4, -0.2) is 66.3 Å². The number of hydrogen-bond donors (Lipinski definition) is 1. The van der Waals surface area contributed by atoms with Gasteiger partial charge >= 0.3 is 0 Å². The number of ketones is 1. The molecule has 2 rings (SSSR count). The Bertz CT molecular complexity index is 709. The van der Waals surface area contributed by atoms with Gasteiger partial charge in [0.15, 0.2) is 11.4 Å². The van der Waals surface area contributed by atoms with Crippen molar-refractivity contribution in [3.63, 3.8) is 0 Å². The number of carbonyl (C=O) groups excluding carboxylic acids is 2. The molecule has 2 aliphatic rings. The summed E-state index contributed by atoms with van der Waals surface area (Å²) in [6, 6.07) is 0. The lowest BCUT2D eigenvalue weighted by Gasteiger charge is -2.29. The molecule has 2 fully saturated rings. The van der Waals surface area contributed by atoms with E-state index in [1.54, 1.807) is 26.0 Å². The first-order valence-electron chi connectivity index (χ1n) is 12.4. The molecule has 188 valence electrons. The summed E-state index contributed by atoms with van der Waals surface area (Å²) in [5, 5.41) is 10.0. The number of unbranched alkanes of at least 4 members (excludes halogenated alkanes) is 4. The smallest absolute Gasteiger partial charge is 0.222 e. The van der Waals surface area contributed by atoms with Crippen molar-refractivity contribution in [3.05, 3.63) is 23.3 Å². The molecule has 0 radical (unpaired) electrons. The summed E-state index contributed by atoms with van der Waals surface area (Å²) in [7, 11) is 3.47. The van der Waals surface area contributed by atoms with Crippen LogP contribution in [0.4, 0.5) is 0 Å². The molecule has 7 heteroatoms. The Morgan fingerprint density at radius 2 is 2.06 bits per heavy atom. The molecule has 1 heterocycles. The monoisotopic (exact) mass is 483 g/mol. The maximum atomic E-state index is 12.8. The highest BCUT2D eigenvalue weighted by molar-refractivity contribution is 6.26. The summed E-state index contributed by atoms with van der Waals surface area (Å²) in [6.45, 7) is 4.17. The predicted octanol–water partition coefficient (Wildman–Crippen LogP) is 4.78. The van der Waals surface area contributed by atoms with E-state index in [2.05, 4.69) is 13.0 Å². The van der Waals surface area contributed by atoms with Crippen molar-refractivity contribution in [2.24, 2.45) is 5.92 Å². The van der Waals surface area contributed by atoms with Crippen LogP contribution in [0.3, 0.4) is 0 Å². The van der Waals surface area contributed by atoms with Gasteiger partial charge in [-0.2, -0.15) is 0 Å². The minimum Gasteiger partial charge on any atom is -0.392 e. The summed E-state index contributed by atoms with van der Waals surface area (Å²) in [5.74, 6) is -0.673. The number of aliphatic hydroxyl groups excluding tert-OH is 1. The van der Waals surface area contributed by atoms with E-state index in [1.165, 1.54) is 37.6 Å². The molecule has 0 aromatic heterocycles. The van der Waals surface area contributed by atoms with Gasteiger partial charge < -0.3 is 19.5 Å². The van der Waals surface area contributed by atoms with Crippen molar-refractivity contribution in [1.82, 2.24) is 4.90 Å². The summed E-state index contributed by atoms with van der Waals surface area (Å²) >= 11 is 6.05. The van der Waals surface area contributed by atoms with Gasteiger partial charge in [-0.15, -0.1) is 0 Å². The number of halogens is 1. The van der Waals surface area contributed by atoms with Crippen molar-refractivity contribution < 1.29 is 24.2 Å². The van der Waals surface area contributed by atoms with Crippen molar-refractivity contribution in [2.45, 2.75) is 102 Å². The Balaban J connectivity index is 1.73. The van der Waals surface area contributed by atoms with Crippen molar-refractivity contribution in [2.75, 3.05) is 20.7 Å². The standard InChI is InChI=1S/C26H42ClNO5/c1-5-6-7-8-10-13-21(32-4)14-11-9-12-15-24(30)28(3)18-20(17-27)26-23(33-26)16-22(29)19(2)25(26)31/h9,11,17,19,21-23,29H,5-8,10,12-16,18H2,1-4H3. The molecule has 1 N–H and O–H groups in total. The van der Waals surface area contributed by atoms with Gasteiger partial charge in [0.05, 0.1) is 12.2 Å². The van der Waals surface area contributed by atoms with Crippen LogP contribution in [0.1, 0.15) is 78.1 Å². The molecule has 33 heavy (non-hydrogen) atoms. The number of methoxy groups -OCH3 is 1. The SMILES string of the molecule is CCCCCCCC(CC=CCCC(=O)N(C)CC(=CCl)C12OC1CC(O)C(C)C2=O)OC. The molecule has 6 nitrogen and oxygen atoms in total. The fourth-order valence-electron chi connectivity index (χ4n) is 4.65. The van der Waals surface area contributed by atoms with Crippen LogP contribution in [0.2, 0.25) is 0 Å². The highest BCUT2D eigenvalue weighted by Crippen LogP contribution is 2.52. The lowest BCUT2D eigenvalue weighted by Crippen LogP contribution is -2.46. The Labute approximate surface area is 204 Å². The van der Waals surface area contributed by atoms with Crippen LogP contribution in [0.25, 0.3) is 0 Å². The van der Waals surface area contributed by atoms with Crippen molar-refractivity contribution in [3.8, 4) is 0 Å². The van der Waals surface area contributed by atoms with E-state index >= 15 is 0 Å². The number of rotatable bonds is 15. The number of likely N-dealkylation sites (N-methyl/N-ethyl adjacent to an activating group) is 1. The third-order valence-corrected chi connectivity index (χ3v) is 7.30. The Morgan fingerprint density at radius 1 is 1.33 bits per heavy atom. The third kappa shape index (κ3) is 7.38. The normalized spacial score (nSPS) is 28.1. The highest BCUT2D eigenvalue weighted by atomic mass is 35.5. The summed E-state index contributed by atoms with van der Waals surface area (Å²) in [6.07, 6.45) is 13.0. The first-order valence-corrected chi connectivity index (χ1v) is 12.9. The molecule has 5 unspecified atom stereocenters. The highest BCUT2D eigenvalue weighted by Gasteiger charge is 2.68. The van der Waals surface area contributed by atoms with E-state index in [0.717, 1.165) is 12.8 Å². The van der Waals surface area contributed by atoms with Gasteiger partial charge in [0.1, 0.15) is 6.10 Å². The van der Waals surface area contributed by atoms with Crippen LogP contribution in [0, 0.1) is 5.92 Å². The average Bonchev–Trinajstić information content (AvgIpc) is 3.53. The Morgan fingerprint density at radius 3 is 2.73 bits per heavy atom. The van der Waals surface area contributed by atoms with E-state index in [-0.39, 0.29) is 30.4 Å². The van der Waals surface area contributed by atoms with Crippen LogP contribution >= 0.6 is 11.6 Å². The van der Waals surface area contributed by atoms with Crippen LogP contribution in [0.5, 0.6) is 0 Å². The minimum absolute atomic E-state index is 0.0141. The molecule has 0 bridgehead atoms. The molecule has 1 saturated carbocycles. The van der Waals surface area contributed by atoms with Gasteiger partial charge in [0.2, 0.25) is 5.91 Å². The van der Waals surface area contributed by atoms with Crippen molar-refractivity contribution in [1.29, 1.82) is 0 Å². The number of carbonyl (C=O) groups is 2. The fraction of sp³-hybridized carbons (Fsp3) is 0.769. The van der Waals surface area contributed by atoms with E-state index in [4.69, 9.17) is 21.1 Å². The van der Waals surface area contributed by atoms with Crippen LogP contribution in [0.15, 0.2) is 23.3 Å². The van der Waals surface area contributed by atoms with Gasteiger partial charge in [-0.3, -0.25) is 9.59 Å². The molecule has 5 atom stereocenters. The Kier molecular flexibility index (Phi) is 11.6. The molecule has 0 aromatic rings. The first kappa shape index (κ1) is 28.0. The zero-order valence-corrected chi connectivity index (χ0v) is 21.5. The number of fused-ring (bicyclic) bond motifs is 1. The fourth-order valence-corrected chi connectivity index (χ4v) is 4.88. The van der Waals surface area contributed by atoms with Gasteiger partial charge in [-0.1, -0.05) is 69.7 Å². The molecule has 0 aromatic carbocycles. The number of allylic oxidation sites excluding steroid dienone is 1. The van der Waals surface area contributed by atoms with E-state index < -0.39 is 17.6 Å². The predicted molar refractivity (Wildman–Crippen MR) is 131 cm³/mol. The van der Waals surface area contributed by atoms with E-state index in [1.807, 2.05) is 6.08 Å². The Hall–Kier alpha value is -1.21. The quantitative estimate of drug-likeness (QED) is 0.206. The van der Waals surface area contributed by atoms with E-state index in [0.29, 0.717) is 24.8 Å². The lowest BCUT2D eigenvalue weighted by atomic mass is 9.75. The maximum Gasteiger partial charge on any atom is 0.222 e. The number of hydrogen-bond acceptors (Lipinski definition) is 5. The van der Waals surface area contributed by atoms with Crippen molar-refractivity contribution >= 4 is 23.3 Å². The number of ether oxygens (including phenoxy) is 2. The van der Waals surface area contributed by atoms with E-state index in [9.17, 15) is 14.7 Å². The second kappa shape index (κ2) is 13.6. The molecule has 1 aliphatic heterocycles. The number of amides is 1. The number of Topliss-reactive ketones (excluding diaryl/α,β-unsaturated/α-hetero) is 1. The summed E-state index contributed by atoms with van der Waals surface area (Å²) < 4.78 is 11.3. The first-order chi connectivity index (χ1) is 15.8. The third-order valence-electron chi connectivity index (χ3n) is 7.03. The summed E-state index contributed by atoms with van der Waals surface area (Å²) in [4.78, 5) is 27.0. The molecule has 1 aliphatic carbocycles. The number of nitrogens with zero attached hydrogens (tertiary/aromatic N) is 1. The van der Waals surface area contributed by atoms with Gasteiger partial charge in [-0.05, 0) is 19.3 Å². The molecule has 0 spiro atoms. The van der Waals surface area contributed by atoms with Gasteiger partial charge in [0.25, 0.3) is 0 Å². The maximum absolute atomic E-state index is 12.8. The average molecular weight is 484 g/mol. The zero-order valence-electron chi connectivity index (χ0n) is 20.7. The van der Waals surface area contributed by atoms with Gasteiger partial charge in [0, 0.05) is 50.6 Å². The minimum atomic E-state index is -1.07. The molecular weight excluding hydrogens is 442 g/mol. The second-order valence-electron chi connectivity index (χ2n) is 9.49. The topological polar surface area (TPSA) is 79.4 Å².